The Morgan fingerprint density at radius 1 is 1.22 bits per heavy atom. The van der Waals surface area contributed by atoms with Gasteiger partial charge in [-0.25, -0.2) is 4.99 Å². The number of benzene rings is 1. The highest BCUT2D eigenvalue weighted by Gasteiger charge is 2.49. The minimum atomic E-state index is -0.144. The van der Waals surface area contributed by atoms with Gasteiger partial charge in [0.05, 0.1) is 11.3 Å². The van der Waals surface area contributed by atoms with Gasteiger partial charge in [-0.1, -0.05) is 38.1 Å². The molecule has 0 saturated carbocycles. The van der Waals surface area contributed by atoms with E-state index in [-0.39, 0.29) is 23.8 Å². The van der Waals surface area contributed by atoms with Crippen molar-refractivity contribution in [3.05, 3.63) is 41.6 Å². The zero-order chi connectivity index (χ0) is 16.8. The molecule has 1 fully saturated rings. The number of carbonyl (C=O) groups excluding carboxylic acids is 1. The summed E-state index contributed by atoms with van der Waals surface area (Å²) < 4.78 is 6.26. The van der Waals surface area contributed by atoms with Crippen molar-refractivity contribution in [1.29, 1.82) is 0 Å². The largest absolute Gasteiger partial charge is 0.426 e. The summed E-state index contributed by atoms with van der Waals surface area (Å²) in [6.07, 6.45) is 2.83. The molecule has 5 heteroatoms. The third-order valence-corrected chi connectivity index (χ3v) is 5.31. The summed E-state index contributed by atoms with van der Waals surface area (Å²) in [7, 11) is 1.61. The van der Waals surface area contributed by atoms with E-state index in [0.29, 0.717) is 5.70 Å². The van der Waals surface area contributed by atoms with Gasteiger partial charge in [0, 0.05) is 12.6 Å². The molecule has 0 aromatic heterocycles. The lowest BCUT2D eigenvalue weighted by atomic mass is 9.54. The van der Waals surface area contributed by atoms with E-state index in [1.807, 2.05) is 18.2 Å². The van der Waals surface area contributed by atoms with Gasteiger partial charge in [-0.15, -0.1) is 0 Å². The van der Waals surface area contributed by atoms with Gasteiger partial charge in [0.25, 0.3) is 5.91 Å². The summed E-state index contributed by atoms with van der Waals surface area (Å²) in [5.41, 5.74) is 3.58. The summed E-state index contributed by atoms with van der Waals surface area (Å²) >= 11 is 0. The monoisotopic (exact) mass is 310 g/mol. The summed E-state index contributed by atoms with van der Waals surface area (Å²) in [5.74, 6) is -0.144. The smallest absolute Gasteiger partial charge is 0.327 e. The highest BCUT2D eigenvalue weighted by Crippen LogP contribution is 2.45. The quantitative estimate of drug-likeness (QED) is 0.870. The highest BCUT2D eigenvalue weighted by molar-refractivity contribution is 6.68. The molecule has 0 spiro atoms. The second-order valence-electron chi connectivity index (χ2n) is 7.43. The minimum absolute atomic E-state index is 0.125. The van der Waals surface area contributed by atoms with Crippen molar-refractivity contribution >= 4 is 24.0 Å². The van der Waals surface area contributed by atoms with Crippen LogP contribution in [0.1, 0.15) is 33.3 Å². The molecule has 1 N–H and O–H groups in total. The number of likely N-dealkylation sites (N-methyl/N-ethyl adjacent to an activating group) is 1. The van der Waals surface area contributed by atoms with Gasteiger partial charge >= 0.3 is 6.92 Å². The van der Waals surface area contributed by atoms with E-state index in [1.165, 1.54) is 5.46 Å². The molecule has 1 aromatic carbocycles. The predicted octanol–water partition coefficient (Wildman–Crippen LogP) is 2.15. The number of amides is 1. The summed E-state index contributed by atoms with van der Waals surface area (Å²) in [5, 5.41) is 2.57. The molecular formula is C18H23BN2O2. The van der Waals surface area contributed by atoms with Crippen molar-refractivity contribution in [3.63, 3.8) is 0 Å². The molecular weight excluding hydrogens is 287 g/mol. The highest BCUT2D eigenvalue weighted by atomic mass is 16.5. The normalized spacial score (nSPS) is 21.3. The second kappa shape index (κ2) is 5.34. The van der Waals surface area contributed by atoms with E-state index >= 15 is 0 Å². The number of rotatable bonds is 3. The number of carbonyl (C=O) groups is 1. The van der Waals surface area contributed by atoms with Gasteiger partial charge < -0.3 is 9.97 Å². The molecule has 120 valence electrons. The molecule has 1 amide bonds. The van der Waals surface area contributed by atoms with E-state index < -0.39 is 0 Å². The molecule has 4 nitrogen and oxygen atoms in total. The lowest BCUT2D eigenvalue weighted by molar-refractivity contribution is -0.117. The number of aliphatic imine (C=N–C) groups is 1. The van der Waals surface area contributed by atoms with Gasteiger partial charge in [0.2, 0.25) is 0 Å². The van der Waals surface area contributed by atoms with Crippen molar-refractivity contribution in [1.82, 2.24) is 5.32 Å². The van der Waals surface area contributed by atoms with Crippen LogP contribution in [0.25, 0.3) is 0 Å². The zero-order valence-electron chi connectivity index (χ0n) is 14.4. The maximum Gasteiger partial charge on any atom is 0.327 e. The Morgan fingerprint density at radius 2 is 1.83 bits per heavy atom. The van der Waals surface area contributed by atoms with E-state index in [4.69, 9.17) is 4.65 Å². The molecule has 1 saturated heterocycles. The Morgan fingerprint density at radius 3 is 2.30 bits per heavy atom. The van der Waals surface area contributed by atoms with Crippen LogP contribution in [0.15, 0.2) is 41.0 Å². The molecule has 0 bridgehead atoms. The Hall–Kier alpha value is -1.88. The lowest BCUT2D eigenvalue weighted by Gasteiger charge is -2.34. The van der Waals surface area contributed by atoms with Crippen molar-refractivity contribution in [2.24, 2.45) is 10.4 Å². The van der Waals surface area contributed by atoms with Crippen LogP contribution in [-0.4, -0.2) is 31.2 Å². The van der Waals surface area contributed by atoms with Gasteiger partial charge in [-0.05, 0) is 37.1 Å². The molecule has 2 heterocycles. The van der Waals surface area contributed by atoms with E-state index in [9.17, 15) is 4.79 Å². The fraction of sp³-hybridized carbons (Fsp3) is 0.444. The maximum atomic E-state index is 11.4. The van der Waals surface area contributed by atoms with Crippen molar-refractivity contribution in [2.45, 2.75) is 39.6 Å². The Bertz CT molecular complexity index is 686. The molecule has 1 aromatic rings. The minimum Gasteiger partial charge on any atom is -0.426 e. The van der Waals surface area contributed by atoms with E-state index in [0.717, 1.165) is 17.6 Å². The van der Waals surface area contributed by atoms with E-state index in [1.54, 1.807) is 7.05 Å². The van der Waals surface area contributed by atoms with Crippen molar-refractivity contribution in [3.8, 4) is 0 Å². The van der Waals surface area contributed by atoms with Crippen LogP contribution in [0, 0.1) is 5.41 Å². The zero-order valence-corrected chi connectivity index (χ0v) is 14.4. The molecule has 0 aliphatic carbocycles. The van der Waals surface area contributed by atoms with Crippen LogP contribution in [0.5, 0.6) is 0 Å². The first kappa shape index (κ1) is 16.0. The molecule has 3 rings (SSSR count). The average Bonchev–Trinajstić information content (AvgIpc) is 2.66. The van der Waals surface area contributed by atoms with Crippen LogP contribution >= 0.6 is 0 Å². The first-order valence-electron chi connectivity index (χ1n) is 8.04. The molecule has 2 aliphatic heterocycles. The Labute approximate surface area is 138 Å². The molecule has 23 heavy (non-hydrogen) atoms. The van der Waals surface area contributed by atoms with Crippen LogP contribution in [0.4, 0.5) is 0 Å². The van der Waals surface area contributed by atoms with Crippen LogP contribution in [0.2, 0.25) is 6.32 Å². The maximum absolute atomic E-state index is 11.4. The second-order valence-corrected chi connectivity index (χ2v) is 7.43. The fourth-order valence-corrected chi connectivity index (χ4v) is 2.97. The first-order valence-corrected chi connectivity index (χ1v) is 8.04. The lowest BCUT2D eigenvalue weighted by Crippen LogP contribution is -2.36. The van der Waals surface area contributed by atoms with Gasteiger partial charge in [0.15, 0.2) is 0 Å². The van der Waals surface area contributed by atoms with Gasteiger partial charge in [0.1, 0.15) is 5.70 Å². The number of nitrogens with one attached hydrogen (secondary N) is 1. The summed E-state index contributed by atoms with van der Waals surface area (Å²) in [6.45, 7) is 8.98. The van der Waals surface area contributed by atoms with Gasteiger partial charge in [-0.2, -0.15) is 0 Å². The summed E-state index contributed by atoms with van der Waals surface area (Å²) in [6, 6.07) is 8.30. The Balaban J connectivity index is 1.71. The number of hydrogen-bond acceptors (Lipinski definition) is 3. The fourth-order valence-electron chi connectivity index (χ4n) is 2.97. The average molecular weight is 310 g/mol. The molecule has 0 atom stereocenters. The number of nitrogens with zero attached hydrogens (tertiary/aromatic N) is 1. The van der Waals surface area contributed by atoms with Crippen molar-refractivity contribution < 1.29 is 9.45 Å². The van der Waals surface area contributed by atoms with Crippen LogP contribution in [-0.2, 0) is 9.45 Å². The van der Waals surface area contributed by atoms with Gasteiger partial charge in [-0.3, -0.25) is 4.79 Å². The third-order valence-electron chi connectivity index (χ3n) is 5.31. The SMILES string of the molecule is CNC(=O)C1=CC(c2ccc(B3CC(C)(C)C(C)(C)O3)cc2)=N1. The molecule has 0 unspecified atom stereocenters. The van der Waals surface area contributed by atoms with E-state index in [2.05, 4.69) is 50.1 Å². The van der Waals surface area contributed by atoms with Crippen molar-refractivity contribution in [2.75, 3.05) is 7.05 Å². The molecule has 2 aliphatic rings. The predicted molar refractivity (Wildman–Crippen MR) is 94.3 cm³/mol. The Kier molecular flexibility index (Phi) is 3.72. The number of allylic oxidation sites excluding steroid dienone is 1. The molecule has 0 radical (unpaired) electrons. The third kappa shape index (κ3) is 2.74. The number of hydrogen-bond donors (Lipinski definition) is 1. The van der Waals surface area contributed by atoms with Crippen LogP contribution in [0.3, 0.4) is 0 Å². The van der Waals surface area contributed by atoms with Crippen LogP contribution < -0.4 is 10.8 Å². The first-order chi connectivity index (χ1) is 10.7. The topological polar surface area (TPSA) is 50.7 Å². The summed E-state index contributed by atoms with van der Waals surface area (Å²) in [4.78, 5) is 15.7. The standard InChI is InChI=1S/C18H23BN2O2/c1-17(2)11-19(23-18(17,3)4)13-8-6-12(7-9-13)14-10-15(21-14)16(22)20-5/h6-10H,11H2,1-5H3,(H,20,22).